The number of hydrogen-bond donors (Lipinski definition) is 0. The predicted octanol–water partition coefficient (Wildman–Crippen LogP) is 9.00. The number of hydrogen-bond acceptors (Lipinski definition) is 0. The van der Waals surface area contributed by atoms with Crippen molar-refractivity contribution < 1.29 is 15.3 Å². The van der Waals surface area contributed by atoms with Gasteiger partial charge in [-0.25, -0.2) is 0 Å². The van der Waals surface area contributed by atoms with Gasteiger partial charge in [0.15, 0.2) is 0 Å². The maximum absolute atomic E-state index is 8.41. The van der Waals surface area contributed by atoms with Crippen LogP contribution in [0, 0.1) is 0 Å². The van der Waals surface area contributed by atoms with Gasteiger partial charge in [0.2, 0.25) is 0 Å². The van der Waals surface area contributed by atoms with Crippen LogP contribution >= 0.6 is 17.2 Å². The van der Waals surface area contributed by atoms with Crippen molar-refractivity contribution in [2.24, 2.45) is 0 Å². The molecule has 4 rings (SSSR count). The molecule has 0 nitrogen and oxygen atoms in total. The SMILES string of the molecule is C[SiH](C)[Hf]([Cl])([Cl])([CH]1C([Si](C)(C)C)=Cc2ccccc21)[CH]1C([Si](C)(C)C)=Cc2ccccc21. The van der Waals surface area contributed by atoms with Crippen LogP contribution in [0.25, 0.3) is 12.2 Å². The fourth-order valence-electron chi connectivity index (χ4n) is 5.97. The van der Waals surface area contributed by atoms with Gasteiger partial charge in [-0.1, -0.05) is 0 Å². The van der Waals surface area contributed by atoms with Crippen molar-refractivity contribution in [3.8, 4) is 0 Å². The molecule has 0 radical (unpaired) electrons. The third-order valence-electron chi connectivity index (χ3n) is 7.80. The Morgan fingerprint density at radius 1 is 0.656 bits per heavy atom. The van der Waals surface area contributed by atoms with Crippen molar-refractivity contribution in [1.82, 2.24) is 0 Å². The van der Waals surface area contributed by atoms with Gasteiger partial charge in [-0.05, 0) is 0 Å². The van der Waals surface area contributed by atoms with E-state index in [0.717, 1.165) is 0 Å². The second-order valence-electron chi connectivity index (χ2n) is 12.2. The quantitative estimate of drug-likeness (QED) is 0.276. The Balaban J connectivity index is 2.07. The van der Waals surface area contributed by atoms with E-state index in [1.807, 2.05) is 0 Å². The number of fused-ring (bicyclic) bond motifs is 2. The Kier molecular flexibility index (Phi) is 6.30. The summed E-state index contributed by atoms with van der Waals surface area (Å²) in [4.78, 5) is 0. The summed E-state index contributed by atoms with van der Waals surface area (Å²) in [6.45, 7) is 19.8. The van der Waals surface area contributed by atoms with Gasteiger partial charge < -0.3 is 0 Å². The number of allylic oxidation sites excluding steroid dienone is 2. The summed E-state index contributed by atoms with van der Waals surface area (Å²) in [6.07, 6.45) is 4.98. The van der Waals surface area contributed by atoms with Gasteiger partial charge >= 0.3 is 208 Å². The number of benzene rings is 2. The van der Waals surface area contributed by atoms with E-state index in [4.69, 9.17) is 17.2 Å². The van der Waals surface area contributed by atoms with E-state index in [1.165, 1.54) is 22.3 Å². The van der Waals surface area contributed by atoms with Crippen LogP contribution in [0.2, 0.25) is 52.4 Å². The van der Waals surface area contributed by atoms with E-state index >= 15 is 0 Å². The molecule has 0 saturated heterocycles. The number of rotatable bonds is 5. The van der Waals surface area contributed by atoms with Gasteiger partial charge in [0.05, 0.1) is 0 Å². The molecule has 2 atom stereocenters. The molecule has 0 saturated carbocycles. The zero-order chi connectivity index (χ0) is 23.7. The second-order valence-corrected chi connectivity index (χ2v) is 81.6. The Bertz CT molecular complexity index is 1050. The first-order valence-corrected chi connectivity index (χ1v) is 41.0. The Morgan fingerprint density at radius 2 is 1.00 bits per heavy atom. The Hall–Kier alpha value is 0.0208. The fourth-order valence-corrected chi connectivity index (χ4v) is 70.8. The molecule has 2 aromatic rings. The molecule has 2 aliphatic rings. The minimum absolute atomic E-state index is 0.251. The molecule has 0 N–H and O–H groups in total. The molecular weight excluding hydrogens is 646 g/mol. The van der Waals surface area contributed by atoms with Gasteiger partial charge in [-0.2, -0.15) is 0 Å². The first kappa shape index (κ1) is 25.1. The van der Waals surface area contributed by atoms with Crippen LogP contribution in [0.4, 0.5) is 0 Å². The minimum atomic E-state index is -4.69. The number of halogens is 2. The third kappa shape index (κ3) is 3.76. The van der Waals surface area contributed by atoms with Crippen LogP contribution in [0.5, 0.6) is 0 Å². The van der Waals surface area contributed by atoms with Crippen molar-refractivity contribution in [3.05, 3.63) is 81.2 Å². The predicted molar refractivity (Wildman–Crippen MR) is 152 cm³/mol. The van der Waals surface area contributed by atoms with Crippen LogP contribution in [0.15, 0.2) is 58.9 Å². The van der Waals surface area contributed by atoms with Crippen LogP contribution in [-0.4, -0.2) is 22.1 Å². The van der Waals surface area contributed by atoms with Crippen LogP contribution < -0.4 is 0 Å². The molecule has 2 unspecified atom stereocenters. The summed E-state index contributed by atoms with van der Waals surface area (Å²) in [5, 5.41) is 3.19. The Morgan fingerprint density at radius 3 is 1.31 bits per heavy atom. The van der Waals surface area contributed by atoms with E-state index in [-0.39, 0.29) is 7.35 Å². The summed E-state index contributed by atoms with van der Waals surface area (Å²) < 4.78 is 0.501. The van der Waals surface area contributed by atoms with Crippen molar-refractivity contribution in [1.29, 1.82) is 0 Å². The average molecular weight is 683 g/mol. The van der Waals surface area contributed by atoms with Crippen molar-refractivity contribution in [2.75, 3.05) is 0 Å². The first-order chi connectivity index (χ1) is 14.7. The van der Waals surface area contributed by atoms with Crippen molar-refractivity contribution in [3.63, 3.8) is 0 Å². The van der Waals surface area contributed by atoms with Gasteiger partial charge in [0.25, 0.3) is 0 Å². The maximum atomic E-state index is 8.41. The summed E-state index contributed by atoms with van der Waals surface area (Å²) in [7, 11) is 13.5. The molecule has 2 aromatic carbocycles. The van der Waals surface area contributed by atoms with Gasteiger partial charge in [-0.15, -0.1) is 0 Å². The van der Waals surface area contributed by atoms with E-state index in [0.29, 0.717) is 0 Å². The molecule has 2 aliphatic carbocycles. The molecule has 0 aliphatic heterocycles. The summed E-state index contributed by atoms with van der Waals surface area (Å²) in [5.41, 5.74) is 5.56. The van der Waals surface area contributed by atoms with Crippen LogP contribution in [0.3, 0.4) is 0 Å². The molecule has 0 spiro atoms. The van der Waals surface area contributed by atoms with E-state index in [9.17, 15) is 0 Å². The molecule has 0 amide bonds. The van der Waals surface area contributed by atoms with Crippen LogP contribution in [-0.2, 0) is 15.3 Å². The van der Waals surface area contributed by atoms with Gasteiger partial charge in [-0.3, -0.25) is 0 Å². The van der Waals surface area contributed by atoms with Gasteiger partial charge in [0.1, 0.15) is 0 Å². The van der Waals surface area contributed by atoms with Crippen molar-refractivity contribution in [2.45, 2.75) is 59.7 Å². The molecule has 6 heteroatoms. The second kappa shape index (κ2) is 8.03. The standard InChI is InChI=1S/2C12H15Si.C2H7Si.2ClH.Hf/c2*1-13(2,3)12-8-10-6-4-5-7-11(10)9-12;1-3-2;;;/h2*4-9H,1-3H3;3H,1-2H3;2*1H;/q;;;;;+2/p-2. The van der Waals surface area contributed by atoms with Crippen molar-refractivity contribution >= 4 is 51.4 Å². The Labute approximate surface area is 206 Å². The van der Waals surface area contributed by atoms with E-state index in [1.54, 1.807) is 10.4 Å². The van der Waals surface area contributed by atoms with E-state index < -0.39 is 37.4 Å². The molecule has 0 aromatic heterocycles. The topological polar surface area (TPSA) is 0 Å². The third-order valence-corrected chi connectivity index (χ3v) is 86.6. The molecule has 0 fully saturated rings. The molecule has 32 heavy (non-hydrogen) atoms. The first-order valence-electron chi connectivity index (χ1n) is 11.9. The molecular formula is C26H37Cl2HfSi3. The molecule has 0 bridgehead atoms. The van der Waals surface area contributed by atoms with E-state index in [2.05, 4.69) is 113 Å². The summed E-state index contributed by atoms with van der Waals surface area (Å²) >= 11 is -4.69. The zero-order valence-corrected chi connectivity index (χ0v) is 29.0. The molecule has 0 heterocycles. The fraction of sp³-hybridized carbons (Fsp3) is 0.385. The zero-order valence-electron chi connectivity index (χ0n) is 20.8. The summed E-state index contributed by atoms with van der Waals surface area (Å²) in [5.74, 6) is -1.45. The average Bonchev–Trinajstić information content (AvgIpc) is 3.28. The van der Waals surface area contributed by atoms with Crippen LogP contribution in [0.1, 0.15) is 29.6 Å². The monoisotopic (exact) mass is 683 g/mol. The van der Waals surface area contributed by atoms with Gasteiger partial charge in [0, 0.05) is 0 Å². The summed E-state index contributed by atoms with van der Waals surface area (Å²) in [6, 6.07) is 17.9. The molecule has 171 valence electrons. The normalized spacial score (nSPS) is 22.2.